The second-order valence-corrected chi connectivity index (χ2v) is 8.05. The summed E-state index contributed by atoms with van der Waals surface area (Å²) in [4.78, 5) is 10.5. The average molecular weight is 527 g/mol. The molecule has 0 aromatic heterocycles. The summed E-state index contributed by atoms with van der Waals surface area (Å²) >= 11 is 13.3. The highest BCUT2D eigenvalue weighted by molar-refractivity contribution is 9.11. The Bertz CT molecular complexity index is 991. The summed E-state index contributed by atoms with van der Waals surface area (Å²) in [6.45, 7) is 0.852. The minimum absolute atomic E-state index is 0.0516. The van der Waals surface area contributed by atoms with Gasteiger partial charge in [-0.25, -0.2) is 0 Å². The van der Waals surface area contributed by atoms with E-state index < -0.39 is 4.92 Å². The first-order valence-electron chi connectivity index (χ1n) is 8.26. The van der Waals surface area contributed by atoms with Crippen LogP contribution in [0.1, 0.15) is 11.1 Å². The van der Waals surface area contributed by atoms with Crippen molar-refractivity contribution in [1.29, 1.82) is 0 Å². The van der Waals surface area contributed by atoms with E-state index in [-0.39, 0.29) is 5.69 Å². The average Bonchev–Trinajstić information content (AvgIpc) is 2.67. The molecule has 3 aromatic rings. The van der Waals surface area contributed by atoms with Crippen LogP contribution in [0.2, 0.25) is 5.02 Å². The third-order valence-corrected chi connectivity index (χ3v) is 5.49. The highest BCUT2D eigenvalue weighted by Gasteiger charge is 2.11. The molecule has 3 rings (SSSR count). The van der Waals surface area contributed by atoms with Crippen LogP contribution in [0.15, 0.2) is 69.6 Å². The van der Waals surface area contributed by atoms with Gasteiger partial charge in [-0.15, -0.1) is 0 Å². The van der Waals surface area contributed by atoms with E-state index in [4.69, 9.17) is 16.3 Å². The fourth-order valence-electron chi connectivity index (χ4n) is 2.55. The maximum atomic E-state index is 10.9. The number of non-ortho nitro benzene ring substituents is 1. The van der Waals surface area contributed by atoms with Crippen LogP contribution in [-0.2, 0) is 13.2 Å². The van der Waals surface area contributed by atoms with Crippen LogP contribution in [0.5, 0.6) is 5.75 Å². The molecule has 0 aliphatic heterocycles. The van der Waals surface area contributed by atoms with Crippen molar-refractivity contribution in [2.45, 2.75) is 13.2 Å². The van der Waals surface area contributed by atoms with Crippen LogP contribution < -0.4 is 10.1 Å². The summed E-state index contributed by atoms with van der Waals surface area (Å²) in [7, 11) is 0. The Morgan fingerprint density at radius 1 is 1.04 bits per heavy atom. The lowest BCUT2D eigenvalue weighted by Crippen LogP contribution is -2.02. The molecule has 0 spiro atoms. The van der Waals surface area contributed by atoms with Crippen molar-refractivity contribution in [3.8, 4) is 5.75 Å². The van der Waals surface area contributed by atoms with Gasteiger partial charge in [0.2, 0.25) is 0 Å². The van der Waals surface area contributed by atoms with E-state index in [2.05, 4.69) is 37.2 Å². The first kappa shape index (κ1) is 20.6. The standard InChI is InChI=1S/C20H15Br2ClN2O3/c21-17-8-13(11-24-15-5-3-6-16(10-15)25(26)27)9-18(22)20(17)28-12-14-4-1-2-7-19(14)23/h1-10,24H,11-12H2. The van der Waals surface area contributed by atoms with E-state index in [0.717, 1.165) is 20.1 Å². The molecule has 3 aromatic carbocycles. The Labute approximate surface area is 184 Å². The fourth-order valence-corrected chi connectivity index (χ4v) is 4.25. The van der Waals surface area contributed by atoms with E-state index in [1.807, 2.05) is 36.4 Å². The molecule has 0 aliphatic carbocycles. The number of anilines is 1. The Morgan fingerprint density at radius 3 is 2.43 bits per heavy atom. The van der Waals surface area contributed by atoms with E-state index >= 15 is 0 Å². The van der Waals surface area contributed by atoms with Gasteiger partial charge in [-0.2, -0.15) is 0 Å². The third-order valence-electron chi connectivity index (χ3n) is 3.94. The van der Waals surface area contributed by atoms with E-state index in [1.165, 1.54) is 12.1 Å². The predicted molar refractivity (Wildman–Crippen MR) is 118 cm³/mol. The summed E-state index contributed by atoms with van der Waals surface area (Å²) in [5.74, 6) is 0.680. The molecule has 0 fully saturated rings. The van der Waals surface area contributed by atoms with E-state index in [1.54, 1.807) is 12.1 Å². The van der Waals surface area contributed by atoms with Crippen molar-refractivity contribution in [3.05, 3.63) is 95.9 Å². The third kappa shape index (κ3) is 5.25. The van der Waals surface area contributed by atoms with Crippen LogP contribution in [0.4, 0.5) is 11.4 Å². The molecule has 5 nitrogen and oxygen atoms in total. The Balaban J connectivity index is 1.68. The van der Waals surface area contributed by atoms with Gasteiger partial charge >= 0.3 is 0 Å². The predicted octanol–water partition coefficient (Wildman–Crippen LogP) is 6.96. The largest absolute Gasteiger partial charge is 0.486 e. The van der Waals surface area contributed by atoms with Crippen LogP contribution >= 0.6 is 43.5 Å². The van der Waals surface area contributed by atoms with Gasteiger partial charge < -0.3 is 10.1 Å². The maximum absolute atomic E-state index is 10.9. The van der Waals surface area contributed by atoms with Crippen LogP contribution in [0.25, 0.3) is 0 Å². The number of halogens is 3. The van der Waals surface area contributed by atoms with Gasteiger partial charge in [-0.3, -0.25) is 10.1 Å². The molecular formula is C20H15Br2ClN2O3. The summed E-state index contributed by atoms with van der Waals surface area (Å²) in [6.07, 6.45) is 0. The van der Waals surface area contributed by atoms with Crippen molar-refractivity contribution in [3.63, 3.8) is 0 Å². The molecule has 144 valence electrons. The number of benzene rings is 3. The van der Waals surface area contributed by atoms with Crippen LogP contribution in [0.3, 0.4) is 0 Å². The summed E-state index contributed by atoms with van der Waals surface area (Å²) in [5.41, 5.74) is 2.62. The molecule has 0 aliphatic rings. The van der Waals surface area contributed by atoms with Gasteiger partial charge in [-0.05, 0) is 61.7 Å². The lowest BCUT2D eigenvalue weighted by atomic mass is 10.2. The molecule has 0 unspecified atom stereocenters. The topological polar surface area (TPSA) is 64.4 Å². The monoisotopic (exact) mass is 524 g/mol. The van der Waals surface area contributed by atoms with Crippen molar-refractivity contribution in [2.24, 2.45) is 0 Å². The fraction of sp³-hybridized carbons (Fsp3) is 0.100. The van der Waals surface area contributed by atoms with Crippen molar-refractivity contribution in [2.75, 3.05) is 5.32 Å². The molecular weight excluding hydrogens is 511 g/mol. The van der Waals surface area contributed by atoms with Crippen LogP contribution in [-0.4, -0.2) is 4.92 Å². The summed E-state index contributed by atoms with van der Waals surface area (Å²) in [5, 5.41) is 14.7. The van der Waals surface area contributed by atoms with Crippen molar-refractivity contribution in [1.82, 2.24) is 0 Å². The van der Waals surface area contributed by atoms with Gasteiger partial charge in [0.05, 0.1) is 13.9 Å². The molecule has 0 atom stereocenters. The minimum atomic E-state index is -0.413. The number of nitro groups is 1. The second-order valence-electron chi connectivity index (χ2n) is 5.93. The van der Waals surface area contributed by atoms with Crippen molar-refractivity contribution < 1.29 is 9.66 Å². The van der Waals surface area contributed by atoms with Gasteiger partial charge in [0.25, 0.3) is 5.69 Å². The SMILES string of the molecule is O=[N+]([O-])c1cccc(NCc2cc(Br)c(OCc3ccccc3Cl)c(Br)c2)c1. The normalized spacial score (nSPS) is 10.5. The quantitative estimate of drug-likeness (QED) is 0.267. The smallest absolute Gasteiger partial charge is 0.271 e. The lowest BCUT2D eigenvalue weighted by Gasteiger charge is -2.14. The molecule has 0 radical (unpaired) electrons. The molecule has 0 amide bonds. The van der Waals surface area contributed by atoms with Gasteiger partial charge in [0.1, 0.15) is 12.4 Å². The Morgan fingerprint density at radius 2 is 1.75 bits per heavy atom. The molecule has 0 saturated carbocycles. The molecule has 0 heterocycles. The first-order chi connectivity index (χ1) is 13.4. The highest BCUT2D eigenvalue weighted by Crippen LogP contribution is 2.36. The van der Waals surface area contributed by atoms with Gasteiger partial charge in [0, 0.05) is 35.0 Å². The number of nitrogens with one attached hydrogen (secondary N) is 1. The molecule has 1 N–H and O–H groups in total. The van der Waals surface area contributed by atoms with Gasteiger partial charge in [0.15, 0.2) is 0 Å². The minimum Gasteiger partial charge on any atom is -0.486 e. The van der Waals surface area contributed by atoms with E-state index in [0.29, 0.717) is 29.6 Å². The molecule has 0 bridgehead atoms. The zero-order chi connectivity index (χ0) is 20.1. The zero-order valence-electron chi connectivity index (χ0n) is 14.5. The zero-order valence-corrected chi connectivity index (χ0v) is 18.4. The molecule has 0 saturated heterocycles. The summed E-state index contributed by atoms with van der Waals surface area (Å²) in [6, 6.07) is 17.8. The van der Waals surface area contributed by atoms with E-state index in [9.17, 15) is 10.1 Å². The second kappa shape index (κ2) is 9.41. The number of nitro benzene ring substituents is 1. The Kier molecular flexibility index (Phi) is 6.93. The Hall–Kier alpha value is -2.09. The maximum Gasteiger partial charge on any atom is 0.271 e. The molecule has 8 heteroatoms. The van der Waals surface area contributed by atoms with Crippen LogP contribution in [0, 0.1) is 10.1 Å². The highest BCUT2D eigenvalue weighted by atomic mass is 79.9. The number of hydrogen-bond donors (Lipinski definition) is 1. The van der Waals surface area contributed by atoms with Crippen molar-refractivity contribution >= 4 is 54.8 Å². The van der Waals surface area contributed by atoms with Gasteiger partial charge in [-0.1, -0.05) is 35.9 Å². The number of rotatable bonds is 7. The lowest BCUT2D eigenvalue weighted by molar-refractivity contribution is -0.384. The number of ether oxygens (including phenoxy) is 1. The number of hydrogen-bond acceptors (Lipinski definition) is 4. The molecule has 28 heavy (non-hydrogen) atoms. The summed E-state index contributed by atoms with van der Waals surface area (Å²) < 4.78 is 7.51. The number of nitrogens with zero attached hydrogens (tertiary/aromatic N) is 1. The first-order valence-corrected chi connectivity index (χ1v) is 10.2.